The standard InChI is InChI=1S/C8H15NO3/c9-8(11)12-7-3-1-2-6(4-7)5-10/h6-7,10H,1-5H2,(H2,9,11)/t6-,7-/m0/s1. The van der Waals surface area contributed by atoms with Crippen LogP contribution in [0, 0.1) is 5.92 Å². The van der Waals surface area contributed by atoms with E-state index in [0.717, 1.165) is 25.7 Å². The number of carbonyl (C=O) groups excluding carboxylic acids is 1. The van der Waals surface area contributed by atoms with Gasteiger partial charge in [-0.15, -0.1) is 0 Å². The van der Waals surface area contributed by atoms with E-state index in [2.05, 4.69) is 0 Å². The van der Waals surface area contributed by atoms with Gasteiger partial charge < -0.3 is 15.6 Å². The largest absolute Gasteiger partial charge is 0.446 e. The molecule has 0 aromatic heterocycles. The molecule has 0 bridgehead atoms. The third-order valence-electron chi connectivity index (χ3n) is 2.28. The van der Waals surface area contributed by atoms with Gasteiger partial charge in [-0.05, 0) is 31.6 Å². The van der Waals surface area contributed by atoms with Gasteiger partial charge >= 0.3 is 6.09 Å². The Morgan fingerprint density at radius 2 is 2.33 bits per heavy atom. The van der Waals surface area contributed by atoms with Crippen LogP contribution in [0.1, 0.15) is 25.7 Å². The van der Waals surface area contributed by atoms with Crippen molar-refractivity contribution in [1.82, 2.24) is 0 Å². The van der Waals surface area contributed by atoms with Gasteiger partial charge in [-0.25, -0.2) is 4.79 Å². The number of ether oxygens (including phenoxy) is 1. The smallest absolute Gasteiger partial charge is 0.404 e. The van der Waals surface area contributed by atoms with Crippen molar-refractivity contribution in [2.75, 3.05) is 6.61 Å². The van der Waals surface area contributed by atoms with Crippen LogP contribution < -0.4 is 5.73 Å². The first-order valence-corrected chi connectivity index (χ1v) is 4.29. The molecule has 0 unspecified atom stereocenters. The molecular weight excluding hydrogens is 158 g/mol. The predicted octanol–water partition coefficient (Wildman–Crippen LogP) is 0.633. The Morgan fingerprint density at radius 3 is 2.92 bits per heavy atom. The van der Waals surface area contributed by atoms with E-state index in [-0.39, 0.29) is 18.6 Å². The maximum Gasteiger partial charge on any atom is 0.404 e. The molecule has 0 aromatic rings. The van der Waals surface area contributed by atoms with Crippen LogP contribution in [0.3, 0.4) is 0 Å². The Morgan fingerprint density at radius 1 is 1.58 bits per heavy atom. The zero-order chi connectivity index (χ0) is 8.97. The summed E-state index contributed by atoms with van der Waals surface area (Å²) < 4.78 is 4.85. The number of carbonyl (C=O) groups is 1. The summed E-state index contributed by atoms with van der Waals surface area (Å²) >= 11 is 0. The lowest BCUT2D eigenvalue weighted by atomic mass is 9.88. The summed E-state index contributed by atoms with van der Waals surface area (Å²) in [6.07, 6.45) is 2.86. The Kier molecular flexibility index (Phi) is 3.34. The molecule has 1 rings (SSSR count). The average molecular weight is 173 g/mol. The van der Waals surface area contributed by atoms with Crippen molar-refractivity contribution >= 4 is 6.09 Å². The van der Waals surface area contributed by atoms with Crippen molar-refractivity contribution < 1.29 is 14.6 Å². The molecule has 4 heteroatoms. The molecule has 3 N–H and O–H groups in total. The highest BCUT2D eigenvalue weighted by molar-refractivity contribution is 5.64. The minimum absolute atomic E-state index is 0.0756. The Labute approximate surface area is 71.7 Å². The number of hydrogen-bond acceptors (Lipinski definition) is 3. The molecule has 12 heavy (non-hydrogen) atoms. The van der Waals surface area contributed by atoms with Crippen LogP contribution in [0.25, 0.3) is 0 Å². The van der Waals surface area contributed by atoms with E-state index >= 15 is 0 Å². The van der Waals surface area contributed by atoms with Crippen LogP contribution in [-0.2, 0) is 4.74 Å². The number of nitrogens with two attached hydrogens (primary N) is 1. The van der Waals surface area contributed by atoms with Gasteiger partial charge in [-0.3, -0.25) is 0 Å². The van der Waals surface area contributed by atoms with Crippen LogP contribution >= 0.6 is 0 Å². The van der Waals surface area contributed by atoms with E-state index in [9.17, 15) is 4.79 Å². The maximum absolute atomic E-state index is 10.4. The molecule has 1 saturated carbocycles. The highest BCUT2D eigenvalue weighted by Gasteiger charge is 2.23. The van der Waals surface area contributed by atoms with E-state index in [0.29, 0.717) is 0 Å². The summed E-state index contributed by atoms with van der Waals surface area (Å²) in [5.74, 6) is 0.281. The highest BCUT2D eigenvalue weighted by atomic mass is 16.6. The van der Waals surface area contributed by atoms with Crippen molar-refractivity contribution in [1.29, 1.82) is 0 Å². The molecule has 1 fully saturated rings. The molecular formula is C8H15NO3. The van der Waals surface area contributed by atoms with Gasteiger partial charge in [0.05, 0.1) is 0 Å². The number of hydrogen-bond donors (Lipinski definition) is 2. The van der Waals surface area contributed by atoms with Crippen LogP contribution in [0.2, 0.25) is 0 Å². The van der Waals surface area contributed by atoms with E-state index in [4.69, 9.17) is 15.6 Å². The second kappa shape index (κ2) is 4.30. The molecule has 70 valence electrons. The molecule has 0 heterocycles. The Balaban J connectivity index is 2.30. The van der Waals surface area contributed by atoms with Gasteiger partial charge in [-0.1, -0.05) is 0 Å². The van der Waals surface area contributed by atoms with Crippen LogP contribution in [0.5, 0.6) is 0 Å². The summed E-state index contributed by atoms with van der Waals surface area (Å²) in [7, 11) is 0. The Bertz CT molecular complexity index is 160. The first-order chi connectivity index (χ1) is 5.72. The molecule has 1 aliphatic carbocycles. The first kappa shape index (κ1) is 9.32. The fourth-order valence-electron chi connectivity index (χ4n) is 1.68. The van der Waals surface area contributed by atoms with Gasteiger partial charge in [-0.2, -0.15) is 0 Å². The molecule has 0 aromatic carbocycles. The summed E-state index contributed by atoms with van der Waals surface area (Å²) in [4.78, 5) is 10.4. The highest BCUT2D eigenvalue weighted by Crippen LogP contribution is 2.25. The van der Waals surface area contributed by atoms with Crippen LogP contribution in [-0.4, -0.2) is 23.9 Å². The van der Waals surface area contributed by atoms with Crippen molar-refractivity contribution in [3.8, 4) is 0 Å². The van der Waals surface area contributed by atoms with E-state index in [1.807, 2.05) is 0 Å². The fraction of sp³-hybridized carbons (Fsp3) is 0.875. The molecule has 1 amide bonds. The van der Waals surface area contributed by atoms with Crippen molar-refractivity contribution in [3.63, 3.8) is 0 Å². The molecule has 4 nitrogen and oxygen atoms in total. The summed E-state index contributed by atoms with van der Waals surface area (Å²) in [6.45, 7) is 0.179. The minimum Gasteiger partial charge on any atom is -0.446 e. The molecule has 1 aliphatic rings. The van der Waals surface area contributed by atoms with Gasteiger partial charge in [0, 0.05) is 6.61 Å². The SMILES string of the molecule is NC(=O)O[C@H]1CCC[C@H](CO)C1. The summed E-state index contributed by atoms with van der Waals surface area (Å²) in [5, 5.41) is 8.87. The topological polar surface area (TPSA) is 72.6 Å². The number of amides is 1. The van der Waals surface area contributed by atoms with Crippen molar-refractivity contribution in [3.05, 3.63) is 0 Å². The minimum atomic E-state index is -0.710. The lowest BCUT2D eigenvalue weighted by Gasteiger charge is -2.26. The number of aliphatic hydroxyl groups is 1. The lowest BCUT2D eigenvalue weighted by Crippen LogP contribution is -2.29. The second-order valence-electron chi connectivity index (χ2n) is 3.27. The normalized spacial score (nSPS) is 29.8. The van der Waals surface area contributed by atoms with Crippen LogP contribution in [0.15, 0.2) is 0 Å². The third-order valence-corrected chi connectivity index (χ3v) is 2.28. The Hall–Kier alpha value is -0.770. The van der Waals surface area contributed by atoms with E-state index < -0.39 is 6.09 Å². The van der Waals surface area contributed by atoms with Crippen LogP contribution in [0.4, 0.5) is 4.79 Å². The zero-order valence-electron chi connectivity index (χ0n) is 7.03. The second-order valence-corrected chi connectivity index (χ2v) is 3.27. The van der Waals surface area contributed by atoms with Gasteiger partial charge in [0.2, 0.25) is 0 Å². The zero-order valence-corrected chi connectivity index (χ0v) is 7.03. The monoisotopic (exact) mass is 173 g/mol. The number of rotatable bonds is 2. The van der Waals surface area contributed by atoms with Crippen molar-refractivity contribution in [2.24, 2.45) is 11.7 Å². The molecule has 0 spiro atoms. The summed E-state index contributed by atoms with van der Waals surface area (Å²) in [5.41, 5.74) is 4.89. The number of aliphatic hydroxyl groups excluding tert-OH is 1. The third kappa shape index (κ3) is 2.70. The molecule has 0 radical (unpaired) electrons. The van der Waals surface area contributed by atoms with E-state index in [1.54, 1.807) is 0 Å². The lowest BCUT2D eigenvalue weighted by molar-refractivity contribution is 0.0517. The van der Waals surface area contributed by atoms with Crippen molar-refractivity contribution in [2.45, 2.75) is 31.8 Å². The first-order valence-electron chi connectivity index (χ1n) is 4.29. The van der Waals surface area contributed by atoms with Gasteiger partial charge in [0.25, 0.3) is 0 Å². The van der Waals surface area contributed by atoms with Gasteiger partial charge in [0.15, 0.2) is 0 Å². The summed E-state index contributed by atoms with van der Waals surface area (Å²) in [6, 6.07) is 0. The predicted molar refractivity (Wildman–Crippen MR) is 43.5 cm³/mol. The molecule has 0 aliphatic heterocycles. The van der Waals surface area contributed by atoms with E-state index in [1.165, 1.54) is 0 Å². The molecule has 2 atom stereocenters. The van der Waals surface area contributed by atoms with Gasteiger partial charge in [0.1, 0.15) is 6.10 Å². The maximum atomic E-state index is 10.4. The number of primary amides is 1. The average Bonchev–Trinajstić information content (AvgIpc) is 2.03. The quantitative estimate of drug-likeness (QED) is 0.643. The molecule has 0 saturated heterocycles. The fourth-order valence-corrected chi connectivity index (χ4v) is 1.68.